The summed E-state index contributed by atoms with van der Waals surface area (Å²) in [7, 11) is 0. The van der Waals surface area contributed by atoms with Gasteiger partial charge in [0, 0.05) is 25.7 Å². The first-order chi connectivity index (χ1) is 11.8. The lowest BCUT2D eigenvalue weighted by Crippen LogP contribution is -2.51. The molecule has 1 aromatic carbocycles. The summed E-state index contributed by atoms with van der Waals surface area (Å²) in [6.45, 7) is 5.59. The average molecular weight is 352 g/mol. The topological polar surface area (TPSA) is 50.2 Å². The molecule has 5 nitrogen and oxygen atoms in total. The molecule has 1 amide bonds. The number of aromatic nitrogens is 2. The summed E-state index contributed by atoms with van der Waals surface area (Å²) >= 11 is 0. The molecule has 0 radical (unpaired) electrons. The first-order valence-electron chi connectivity index (χ1n) is 8.02. The van der Waals surface area contributed by atoms with Crippen molar-refractivity contribution in [3.63, 3.8) is 0 Å². The lowest BCUT2D eigenvalue weighted by Gasteiger charge is -2.31. The van der Waals surface area contributed by atoms with Gasteiger partial charge in [-0.05, 0) is 32.0 Å². The van der Waals surface area contributed by atoms with Crippen LogP contribution >= 0.6 is 0 Å². The van der Waals surface area contributed by atoms with E-state index in [9.17, 15) is 18.0 Å². The van der Waals surface area contributed by atoms with Crippen LogP contribution in [0.3, 0.4) is 0 Å². The molecule has 2 heterocycles. The van der Waals surface area contributed by atoms with Gasteiger partial charge in [-0.25, -0.2) is 4.68 Å². The molecule has 3 rings (SSSR count). The van der Waals surface area contributed by atoms with Crippen LogP contribution < -0.4 is 5.32 Å². The number of halogens is 3. The van der Waals surface area contributed by atoms with Gasteiger partial charge in [-0.3, -0.25) is 4.79 Å². The number of hydrogen-bond acceptors (Lipinski definition) is 3. The summed E-state index contributed by atoms with van der Waals surface area (Å²) in [6.07, 6.45) is -3.00. The Labute approximate surface area is 143 Å². The molecule has 1 fully saturated rings. The molecule has 8 heteroatoms. The third-order valence-electron chi connectivity index (χ3n) is 4.31. The van der Waals surface area contributed by atoms with Crippen LogP contribution in [0.1, 0.15) is 28.5 Å². The molecule has 1 saturated heterocycles. The summed E-state index contributed by atoms with van der Waals surface area (Å²) in [5.41, 5.74) is 0.464. The summed E-state index contributed by atoms with van der Waals surface area (Å²) in [5.74, 6) is -0.149. The van der Waals surface area contributed by atoms with Crippen molar-refractivity contribution in [1.29, 1.82) is 0 Å². The van der Waals surface area contributed by atoms with E-state index < -0.39 is 11.7 Å². The molecule has 25 heavy (non-hydrogen) atoms. The van der Waals surface area contributed by atoms with Crippen molar-refractivity contribution in [1.82, 2.24) is 20.0 Å². The minimum Gasteiger partial charge on any atom is -0.336 e. The minimum atomic E-state index is -4.42. The summed E-state index contributed by atoms with van der Waals surface area (Å²) in [6, 6.07) is 5.11. The molecule has 0 aliphatic carbocycles. The van der Waals surface area contributed by atoms with Crippen molar-refractivity contribution in [3.8, 4) is 5.69 Å². The standard InChI is InChI=1S/C17H19F3N4O/c1-11-10-23(7-6-21-11)16(25)15-9-22-24(12(15)2)14-5-3-4-13(8-14)17(18,19)20/h3-5,8-9,11,21H,6-7,10H2,1-2H3/t11-/m1/s1. The zero-order chi connectivity index (χ0) is 18.2. The summed E-state index contributed by atoms with van der Waals surface area (Å²) in [5, 5.41) is 7.39. The SMILES string of the molecule is Cc1c(C(=O)N2CCN[C@H](C)C2)cnn1-c1cccc(C(F)(F)F)c1. The Hall–Kier alpha value is -2.35. The van der Waals surface area contributed by atoms with Crippen molar-refractivity contribution >= 4 is 5.91 Å². The Morgan fingerprint density at radius 1 is 1.36 bits per heavy atom. The minimum absolute atomic E-state index is 0.149. The van der Waals surface area contributed by atoms with E-state index in [0.717, 1.165) is 12.1 Å². The van der Waals surface area contributed by atoms with E-state index >= 15 is 0 Å². The Bertz CT molecular complexity index is 784. The van der Waals surface area contributed by atoms with Crippen LogP contribution in [-0.4, -0.2) is 46.3 Å². The molecule has 2 aromatic rings. The third kappa shape index (κ3) is 3.53. The summed E-state index contributed by atoms with van der Waals surface area (Å²) < 4.78 is 40.1. The second-order valence-electron chi connectivity index (χ2n) is 6.21. The fourth-order valence-electron chi connectivity index (χ4n) is 2.98. The van der Waals surface area contributed by atoms with Crippen molar-refractivity contribution < 1.29 is 18.0 Å². The largest absolute Gasteiger partial charge is 0.416 e. The van der Waals surface area contributed by atoms with Gasteiger partial charge in [-0.15, -0.1) is 0 Å². The van der Waals surface area contributed by atoms with Gasteiger partial charge in [0.25, 0.3) is 5.91 Å². The quantitative estimate of drug-likeness (QED) is 0.904. The van der Waals surface area contributed by atoms with Crippen molar-refractivity contribution in [2.75, 3.05) is 19.6 Å². The van der Waals surface area contributed by atoms with E-state index in [2.05, 4.69) is 10.4 Å². The monoisotopic (exact) mass is 352 g/mol. The van der Waals surface area contributed by atoms with E-state index in [1.807, 2.05) is 6.92 Å². The molecule has 1 aromatic heterocycles. The second kappa shape index (κ2) is 6.51. The highest BCUT2D eigenvalue weighted by Crippen LogP contribution is 2.30. The Balaban J connectivity index is 1.90. The highest BCUT2D eigenvalue weighted by Gasteiger charge is 2.31. The van der Waals surface area contributed by atoms with Crippen molar-refractivity contribution in [3.05, 3.63) is 47.3 Å². The van der Waals surface area contributed by atoms with Crippen LogP contribution in [0.4, 0.5) is 13.2 Å². The number of benzene rings is 1. The van der Waals surface area contributed by atoms with E-state index in [1.54, 1.807) is 11.8 Å². The molecule has 0 unspecified atom stereocenters. The van der Waals surface area contributed by atoms with E-state index in [-0.39, 0.29) is 17.6 Å². The second-order valence-corrected chi connectivity index (χ2v) is 6.21. The van der Waals surface area contributed by atoms with Gasteiger partial charge in [-0.1, -0.05) is 6.07 Å². The van der Waals surface area contributed by atoms with Crippen LogP contribution in [0, 0.1) is 6.92 Å². The predicted octanol–water partition coefficient (Wildman–Crippen LogP) is 2.63. The Kier molecular flexibility index (Phi) is 4.55. The number of alkyl halides is 3. The highest BCUT2D eigenvalue weighted by molar-refractivity contribution is 5.95. The number of hydrogen-bond donors (Lipinski definition) is 1. The molecule has 0 bridgehead atoms. The van der Waals surface area contributed by atoms with Gasteiger partial charge in [0.05, 0.1) is 28.7 Å². The van der Waals surface area contributed by atoms with Crippen LogP contribution in [-0.2, 0) is 6.18 Å². The number of nitrogens with zero attached hydrogens (tertiary/aromatic N) is 3. The number of carbonyl (C=O) groups excluding carboxylic acids is 1. The average Bonchev–Trinajstić information content (AvgIpc) is 2.95. The van der Waals surface area contributed by atoms with Gasteiger partial charge >= 0.3 is 6.18 Å². The molecule has 134 valence electrons. The van der Waals surface area contributed by atoms with Crippen LogP contribution in [0.25, 0.3) is 5.69 Å². The molecule has 1 N–H and O–H groups in total. The fourth-order valence-corrected chi connectivity index (χ4v) is 2.98. The molecule has 0 saturated carbocycles. The number of amides is 1. The maximum Gasteiger partial charge on any atom is 0.416 e. The van der Waals surface area contributed by atoms with E-state index in [0.29, 0.717) is 30.9 Å². The zero-order valence-electron chi connectivity index (χ0n) is 14.0. The van der Waals surface area contributed by atoms with Gasteiger partial charge in [-0.2, -0.15) is 18.3 Å². The predicted molar refractivity (Wildman–Crippen MR) is 86.7 cm³/mol. The van der Waals surface area contributed by atoms with Crippen molar-refractivity contribution in [2.45, 2.75) is 26.1 Å². The molecule has 1 aliphatic heterocycles. The normalized spacial score (nSPS) is 18.4. The molecule has 1 aliphatic rings. The number of rotatable bonds is 2. The highest BCUT2D eigenvalue weighted by atomic mass is 19.4. The Morgan fingerprint density at radius 3 is 2.80 bits per heavy atom. The van der Waals surface area contributed by atoms with Gasteiger partial charge in [0.1, 0.15) is 0 Å². The Morgan fingerprint density at radius 2 is 2.12 bits per heavy atom. The zero-order valence-corrected chi connectivity index (χ0v) is 14.0. The maximum atomic E-state index is 12.9. The lowest BCUT2D eigenvalue weighted by atomic mass is 10.1. The third-order valence-corrected chi connectivity index (χ3v) is 4.31. The smallest absolute Gasteiger partial charge is 0.336 e. The van der Waals surface area contributed by atoms with E-state index in [1.165, 1.54) is 23.0 Å². The van der Waals surface area contributed by atoms with Crippen molar-refractivity contribution in [2.24, 2.45) is 0 Å². The van der Waals surface area contributed by atoms with E-state index in [4.69, 9.17) is 0 Å². The van der Waals surface area contributed by atoms with Crippen LogP contribution in [0.15, 0.2) is 30.5 Å². The molecular formula is C17H19F3N4O. The van der Waals surface area contributed by atoms with Gasteiger partial charge < -0.3 is 10.2 Å². The van der Waals surface area contributed by atoms with Crippen LogP contribution in [0.5, 0.6) is 0 Å². The molecule has 1 atom stereocenters. The first kappa shape index (κ1) is 17.5. The number of carbonyl (C=O) groups is 1. The number of nitrogens with one attached hydrogen (secondary N) is 1. The molecule has 0 spiro atoms. The first-order valence-corrected chi connectivity index (χ1v) is 8.02. The number of piperazine rings is 1. The molecular weight excluding hydrogens is 333 g/mol. The lowest BCUT2D eigenvalue weighted by molar-refractivity contribution is -0.137. The van der Waals surface area contributed by atoms with Gasteiger partial charge in [0.15, 0.2) is 0 Å². The fraction of sp³-hybridized carbons (Fsp3) is 0.412. The summed E-state index contributed by atoms with van der Waals surface area (Å²) in [4.78, 5) is 14.4. The van der Waals surface area contributed by atoms with Crippen LogP contribution in [0.2, 0.25) is 0 Å². The maximum absolute atomic E-state index is 12.9. The van der Waals surface area contributed by atoms with Gasteiger partial charge in [0.2, 0.25) is 0 Å².